The molecule has 5 nitrogen and oxygen atoms in total. The molecule has 1 amide bonds. The van der Waals surface area contributed by atoms with Crippen LogP contribution >= 0.6 is 11.8 Å². The Morgan fingerprint density at radius 3 is 2.23 bits per heavy atom. The number of nitrogens with one attached hydrogen (secondary N) is 2. The van der Waals surface area contributed by atoms with Crippen LogP contribution in [0.2, 0.25) is 0 Å². The molecular weight excluding hydrogens is 344 g/mol. The second-order valence-corrected chi connectivity index (χ2v) is 8.85. The summed E-state index contributed by atoms with van der Waals surface area (Å²) in [6.45, 7) is 0. The zero-order valence-electron chi connectivity index (χ0n) is 15.0. The van der Waals surface area contributed by atoms with Crippen LogP contribution in [0.3, 0.4) is 0 Å². The van der Waals surface area contributed by atoms with Crippen molar-refractivity contribution < 1.29 is 4.79 Å². The van der Waals surface area contributed by atoms with Crippen LogP contribution in [0.25, 0.3) is 0 Å². The van der Waals surface area contributed by atoms with Crippen molar-refractivity contribution in [1.29, 1.82) is 5.26 Å². The molecule has 6 heteroatoms. The molecule has 1 aromatic carbocycles. The van der Waals surface area contributed by atoms with Crippen LogP contribution in [-0.4, -0.2) is 22.9 Å². The minimum Gasteiger partial charge on any atom is -0.347 e. The molecule has 4 saturated carbocycles. The normalized spacial score (nSPS) is 32.2. The Kier molecular flexibility index (Phi) is 4.66. The first kappa shape index (κ1) is 17.4. The maximum atomic E-state index is 12.8. The van der Waals surface area contributed by atoms with E-state index < -0.39 is 0 Å². The fourth-order valence-corrected chi connectivity index (χ4v) is 5.90. The van der Waals surface area contributed by atoms with Crippen LogP contribution in [-0.2, 0) is 0 Å². The van der Waals surface area contributed by atoms with E-state index in [0.29, 0.717) is 10.7 Å². The highest BCUT2D eigenvalue weighted by Crippen LogP contribution is 2.55. The van der Waals surface area contributed by atoms with E-state index in [2.05, 4.69) is 15.6 Å². The third-order valence-electron chi connectivity index (χ3n) is 6.13. The first-order valence-corrected chi connectivity index (χ1v) is 10.5. The van der Waals surface area contributed by atoms with Crippen molar-refractivity contribution in [2.75, 3.05) is 6.26 Å². The van der Waals surface area contributed by atoms with E-state index in [-0.39, 0.29) is 11.4 Å². The van der Waals surface area contributed by atoms with E-state index in [4.69, 9.17) is 5.26 Å². The van der Waals surface area contributed by atoms with E-state index in [1.807, 2.05) is 36.7 Å². The van der Waals surface area contributed by atoms with Crippen molar-refractivity contribution in [2.24, 2.45) is 22.7 Å². The first-order chi connectivity index (χ1) is 12.6. The molecule has 4 fully saturated rings. The Bertz CT molecular complexity index is 730. The lowest BCUT2D eigenvalue weighted by Gasteiger charge is -2.56. The molecule has 0 atom stereocenters. The first-order valence-electron chi connectivity index (χ1n) is 9.29. The standard InChI is InChI=1S/C20H24N4OS/c1-26-19(22-12-21)23-17-4-2-16(3-5-17)18(25)24-20-9-13-6-14(10-20)8-15(7-13)11-20/h2-5,13-15H,6-11H2,1H3,(H,22,23)(H,24,25). The van der Waals surface area contributed by atoms with E-state index >= 15 is 0 Å². The maximum absolute atomic E-state index is 12.8. The summed E-state index contributed by atoms with van der Waals surface area (Å²) in [5.41, 5.74) is 1.44. The fourth-order valence-electron chi connectivity index (χ4n) is 5.55. The second kappa shape index (κ2) is 6.96. The topological polar surface area (TPSA) is 77.3 Å². The second-order valence-electron chi connectivity index (χ2n) is 8.06. The molecule has 136 valence electrons. The summed E-state index contributed by atoms with van der Waals surface area (Å²) in [4.78, 5) is 17.2. The van der Waals surface area contributed by atoms with Crippen molar-refractivity contribution in [3.05, 3.63) is 29.8 Å². The summed E-state index contributed by atoms with van der Waals surface area (Å²) < 4.78 is 0. The molecule has 0 aliphatic heterocycles. The van der Waals surface area contributed by atoms with Gasteiger partial charge in [0, 0.05) is 11.1 Å². The Labute approximate surface area is 158 Å². The van der Waals surface area contributed by atoms with Crippen LogP contribution in [0.1, 0.15) is 48.9 Å². The number of carbonyl (C=O) groups is 1. The zero-order chi connectivity index (χ0) is 18.1. The molecule has 0 aromatic heterocycles. The SMILES string of the molecule is CSC(=Nc1ccc(C(=O)NC23CC4CC(CC(C4)C2)C3)cc1)NC#N. The monoisotopic (exact) mass is 368 g/mol. The Morgan fingerprint density at radius 1 is 1.15 bits per heavy atom. The van der Waals surface area contributed by atoms with E-state index in [1.54, 1.807) is 0 Å². The average molecular weight is 369 g/mol. The minimum atomic E-state index is 0.0303. The number of benzene rings is 1. The van der Waals surface area contributed by atoms with Crippen LogP contribution < -0.4 is 10.6 Å². The molecule has 26 heavy (non-hydrogen) atoms. The number of hydrogen-bond donors (Lipinski definition) is 2. The number of hydrogen-bond acceptors (Lipinski definition) is 4. The molecule has 2 N–H and O–H groups in total. The van der Waals surface area contributed by atoms with Crippen molar-refractivity contribution in [2.45, 2.75) is 44.1 Å². The Balaban J connectivity index is 1.45. The van der Waals surface area contributed by atoms with E-state index in [9.17, 15) is 4.79 Å². The quantitative estimate of drug-likeness (QED) is 0.368. The third kappa shape index (κ3) is 3.45. The van der Waals surface area contributed by atoms with Gasteiger partial charge in [-0.15, -0.1) is 0 Å². The number of rotatable bonds is 3. The van der Waals surface area contributed by atoms with Gasteiger partial charge in [-0.2, -0.15) is 5.26 Å². The van der Waals surface area contributed by atoms with Crippen molar-refractivity contribution in [3.8, 4) is 6.19 Å². The minimum absolute atomic E-state index is 0.0303. The average Bonchev–Trinajstić information content (AvgIpc) is 2.60. The highest BCUT2D eigenvalue weighted by atomic mass is 32.2. The number of thioether (sulfide) groups is 1. The maximum Gasteiger partial charge on any atom is 0.251 e. The van der Waals surface area contributed by atoms with Gasteiger partial charge in [-0.1, -0.05) is 11.8 Å². The van der Waals surface area contributed by atoms with Crippen molar-refractivity contribution in [1.82, 2.24) is 10.6 Å². The van der Waals surface area contributed by atoms with Crippen LogP contribution in [0.5, 0.6) is 0 Å². The molecule has 0 radical (unpaired) electrons. The summed E-state index contributed by atoms with van der Waals surface area (Å²) >= 11 is 1.37. The van der Waals surface area contributed by atoms with Crippen LogP contribution in [0.15, 0.2) is 29.3 Å². The lowest BCUT2D eigenvalue weighted by molar-refractivity contribution is -0.0167. The summed E-state index contributed by atoms with van der Waals surface area (Å²) in [5, 5.41) is 15.2. The smallest absolute Gasteiger partial charge is 0.251 e. The Morgan fingerprint density at radius 2 is 1.73 bits per heavy atom. The number of amidine groups is 1. The van der Waals surface area contributed by atoms with Gasteiger partial charge in [-0.3, -0.25) is 10.1 Å². The molecule has 0 saturated heterocycles. The highest BCUT2D eigenvalue weighted by Gasteiger charge is 2.51. The number of nitrogens with zero attached hydrogens (tertiary/aromatic N) is 2. The van der Waals surface area contributed by atoms with Crippen LogP contribution in [0.4, 0.5) is 5.69 Å². The van der Waals surface area contributed by atoms with Gasteiger partial charge in [0.05, 0.1) is 5.69 Å². The molecule has 5 rings (SSSR count). The molecule has 1 aromatic rings. The van der Waals surface area contributed by atoms with Gasteiger partial charge in [0.1, 0.15) is 0 Å². The van der Waals surface area contributed by atoms with Gasteiger partial charge in [-0.05, 0) is 86.8 Å². The van der Waals surface area contributed by atoms with E-state index in [1.165, 1.54) is 31.0 Å². The van der Waals surface area contributed by atoms with Gasteiger partial charge in [0.25, 0.3) is 5.91 Å². The van der Waals surface area contributed by atoms with Crippen molar-refractivity contribution >= 4 is 28.5 Å². The van der Waals surface area contributed by atoms with Gasteiger partial charge in [0.15, 0.2) is 11.4 Å². The van der Waals surface area contributed by atoms with E-state index in [0.717, 1.165) is 42.7 Å². The molecule has 4 aliphatic carbocycles. The lowest BCUT2D eigenvalue weighted by atomic mass is 9.53. The number of nitriles is 1. The van der Waals surface area contributed by atoms with Gasteiger partial charge >= 0.3 is 0 Å². The van der Waals surface area contributed by atoms with Crippen LogP contribution in [0, 0.1) is 29.2 Å². The van der Waals surface area contributed by atoms with Gasteiger partial charge in [0.2, 0.25) is 0 Å². The summed E-state index contributed by atoms with van der Waals surface area (Å²) in [6.07, 6.45) is 11.3. The number of amides is 1. The molecule has 4 bridgehead atoms. The molecular formula is C20H24N4OS. The largest absolute Gasteiger partial charge is 0.347 e. The summed E-state index contributed by atoms with van der Waals surface area (Å²) in [7, 11) is 0. The predicted molar refractivity (Wildman–Crippen MR) is 104 cm³/mol. The molecule has 4 aliphatic rings. The Hall–Kier alpha value is -2.00. The lowest BCUT2D eigenvalue weighted by Crippen LogP contribution is -2.59. The third-order valence-corrected chi connectivity index (χ3v) is 6.71. The van der Waals surface area contributed by atoms with Gasteiger partial charge < -0.3 is 5.32 Å². The fraction of sp³-hybridized carbons (Fsp3) is 0.550. The molecule has 0 heterocycles. The number of carbonyl (C=O) groups excluding carboxylic acids is 1. The summed E-state index contributed by atoms with van der Waals surface area (Å²) in [6, 6.07) is 7.28. The summed E-state index contributed by atoms with van der Waals surface area (Å²) in [5.74, 6) is 2.48. The zero-order valence-corrected chi connectivity index (χ0v) is 15.8. The predicted octanol–water partition coefficient (Wildman–Crippen LogP) is 3.81. The van der Waals surface area contributed by atoms with Crippen molar-refractivity contribution in [3.63, 3.8) is 0 Å². The highest BCUT2D eigenvalue weighted by molar-refractivity contribution is 8.13. The molecule has 0 unspecified atom stereocenters. The number of aliphatic imine (C=N–C) groups is 1. The molecule has 0 spiro atoms. The van der Waals surface area contributed by atoms with Gasteiger partial charge in [-0.25, -0.2) is 4.99 Å².